The van der Waals surface area contributed by atoms with Gasteiger partial charge >= 0.3 is 6.03 Å². The number of likely N-dealkylation sites (N-methyl/N-ethyl adjacent to an activating group) is 1. The van der Waals surface area contributed by atoms with Crippen LogP contribution in [0, 0.1) is 0 Å². The van der Waals surface area contributed by atoms with Crippen LogP contribution in [-0.2, 0) is 19.1 Å². The van der Waals surface area contributed by atoms with E-state index in [1.54, 1.807) is 6.92 Å². The third-order valence-electron chi connectivity index (χ3n) is 3.56. The van der Waals surface area contributed by atoms with Crippen molar-refractivity contribution in [3.8, 4) is 0 Å². The second kappa shape index (κ2) is 5.68. The number of imide groups is 1. The highest BCUT2D eigenvalue weighted by Gasteiger charge is 2.41. The molecule has 2 aliphatic rings. The van der Waals surface area contributed by atoms with Gasteiger partial charge < -0.3 is 20.3 Å². The first-order valence-electron chi connectivity index (χ1n) is 6.59. The van der Waals surface area contributed by atoms with Crippen molar-refractivity contribution >= 4 is 23.8 Å². The highest BCUT2D eigenvalue weighted by Crippen LogP contribution is 2.18. The molecular formula is C12H18N4O5. The van der Waals surface area contributed by atoms with Crippen molar-refractivity contribution in [3.05, 3.63) is 0 Å². The summed E-state index contributed by atoms with van der Waals surface area (Å²) in [6, 6.07) is -0.573. The van der Waals surface area contributed by atoms with Gasteiger partial charge in [-0.15, -0.1) is 0 Å². The lowest BCUT2D eigenvalue weighted by molar-refractivity contribution is -0.163. The Labute approximate surface area is 121 Å². The minimum absolute atomic E-state index is 0.0785. The molecule has 9 nitrogen and oxygen atoms in total. The lowest BCUT2D eigenvalue weighted by Crippen LogP contribution is -2.60. The van der Waals surface area contributed by atoms with Crippen LogP contribution in [0.5, 0.6) is 0 Å². The first kappa shape index (κ1) is 15.2. The Hall–Kier alpha value is -2.16. The number of morpholine rings is 1. The van der Waals surface area contributed by atoms with E-state index >= 15 is 0 Å². The molecule has 2 aliphatic heterocycles. The van der Waals surface area contributed by atoms with Crippen LogP contribution < -0.4 is 10.6 Å². The Morgan fingerprint density at radius 1 is 1.43 bits per heavy atom. The smallest absolute Gasteiger partial charge is 0.325 e. The zero-order chi connectivity index (χ0) is 15.6. The van der Waals surface area contributed by atoms with Gasteiger partial charge in [0.25, 0.3) is 11.8 Å². The fourth-order valence-corrected chi connectivity index (χ4v) is 2.34. The number of carbonyl (C=O) groups is 4. The Bertz CT molecular complexity index is 478. The van der Waals surface area contributed by atoms with Gasteiger partial charge in [-0.25, -0.2) is 4.79 Å². The molecule has 0 radical (unpaired) electrons. The van der Waals surface area contributed by atoms with E-state index in [1.807, 2.05) is 0 Å². The minimum atomic E-state index is -1.13. The maximum absolute atomic E-state index is 12.2. The SMILES string of the molecule is CNC(=O)[C@]1(C)CN(C(=O)CN2C(=O)CNC2=O)CCO1. The second-order valence-electron chi connectivity index (χ2n) is 5.11. The van der Waals surface area contributed by atoms with Gasteiger partial charge in [-0.2, -0.15) is 0 Å². The van der Waals surface area contributed by atoms with Gasteiger partial charge in [0.2, 0.25) is 5.91 Å². The number of ether oxygens (including phenoxy) is 1. The van der Waals surface area contributed by atoms with Crippen molar-refractivity contribution in [2.24, 2.45) is 0 Å². The summed E-state index contributed by atoms with van der Waals surface area (Å²) in [6.45, 7) is 1.79. The molecular weight excluding hydrogens is 280 g/mol. The molecule has 0 aliphatic carbocycles. The molecule has 2 heterocycles. The fourth-order valence-electron chi connectivity index (χ4n) is 2.34. The molecule has 116 valence electrons. The quantitative estimate of drug-likeness (QED) is 0.580. The van der Waals surface area contributed by atoms with E-state index in [4.69, 9.17) is 4.74 Å². The van der Waals surface area contributed by atoms with E-state index in [9.17, 15) is 19.2 Å². The first-order chi connectivity index (χ1) is 9.87. The molecule has 0 spiro atoms. The Kier molecular flexibility index (Phi) is 4.12. The molecule has 1 atom stereocenters. The number of urea groups is 1. The molecule has 0 saturated carbocycles. The van der Waals surface area contributed by atoms with Gasteiger partial charge in [-0.05, 0) is 6.92 Å². The number of amides is 5. The number of rotatable bonds is 3. The highest BCUT2D eigenvalue weighted by atomic mass is 16.5. The van der Waals surface area contributed by atoms with Gasteiger partial charge in [0, 0.05) is 13.6 Å². The predicted molar refractivity (Wildman–Crippen MR) is 70.1 cm³/mol. The zero-order valence-electron chi connectivity index (χ0n) is 12.0. The van der Waals surface area contributed by atoms with Crippen LogP contribution in [-0.4, -0.2) is 79.0 Å². The third-order valence-corrected chi connectivity index (χ3v) is 3.56. The molecule has 0 unspecified atom stereocenters. The molecule has 9 heteroatoms. The summed E-state index contributed by atoms with van der Waals surface area (Å²) >= 11 is 0. The van der Waals surface area contributed by atoms with E-state index in [1.165, 1.54) is 11.9 Å². The maximum atomic E-state index is 12.2. The number of nitrogens with one attached hydrogen (secondary N) is 2. The van der Waals surface area contributed by atoms with Gasteiger partial charge in [0.05, 0.1) is 19.7 Å². The molecule has 2 N–H and O–H groups in total. The Morgan fingerprint density at radius 3 is 2.71 bits per heavy atom. The molecule has 0 aromatic heterocycles. The second-order valence-corrected chi connectivity index (χ2v) is 5.11. The topological polar surface area (TPSA) is 108 Å². The molecule has 0 aromatic carbocycles. The molecule has 21 heavy (non-hydrogen) atoms. The average Bonchev–Trinajstić information content (AvgIpc) is 2.78. The fraction of sp³-hybridized carbons (Fsp3) is 0.667. The number of hydrogen-bond donors (Lipinski definition) is 2. The summed E-state index contributed by atoms with van der Waals surface area (Å²) in [5, 5.41) is 4.84. The molecule has 5 amide bonds. The molecule has 0 aromatic rings. The summed E-state index contributed by atoms with van der Waals surface area (Å²) < 4.78 is 5.45. The molecule has 2 fully saturated rings. The summed E-state index contributed by atoms with van der Waals surface area (Å²) in [5.41, 5.74) is -1.13. The van der Waals surface area contributed by atoms with Gasteiger partial charge in [0.15, 0.2) is 5.60 Å². The third kappa shape index (κ3) is 2.97. The Balaban J connectivity index is 2.01. The average molecular weight is 298 g/mol. The highest BCUT2D eigenvalue weighted by molar-refractivity contribution is 6.04. The van der Waals surface area contributed by atoms with E-state index in [2.05, 4.69) is 10.6 Å². The molecule has 2 rings (SSSR count). The minimum Gasteiger partial charge on any atom is -0.362 e. The van der Waals surface area contributed by atoms with E-state index in [-0.39, 0.29) is 38.1 Å². The monoisotopic (exact) mass is 298 g/mol. The van der Waals surface area contributed by atoms with Gasteiger partial charge in [0.1, 0.15) is 6.54 Å². The predicted octanol–water partition coefficient (Wildman–Crippen LogP) is -2.10. The summed E-state index contributed by atoms with van der Waals surface area (Å²) in [4.78, 5) is 49.2. The van der Waals surface area contributed by atoms with E-state index < -0.39 is 17.5 Å². The lowest BCUT2D eigenvalue weighted by atomic mass is 10.0. The normalized spacial score (nSPS) is 25.8. The standard InChI is InChI=1S/C12H18N4O5/c1-12(10(19)13-2)7-15(3-4-21-12)9(18)6-16-8(17)5-14-11(16)20/h3-7H2,1-2H3,(H,13,19)(H,14,20)/t12-/m0/s1. The molecule has 0 bridgehead atoms. The maximum Gasteiger partial charge on any atom is 0.325 e. The van der Waals surface area contributed by atoms with Crippen molar-refractivity contribution in [2.75, 3.05) is 39.8 Å². The van der Waals surface area contributed by atoms with Crippen molar-refractivity contribution in [2.45, 2.75) is 12.5 Å². The van der Waals surface area contributed by atoms with Crippen molar-refractivity contribution in [1.82, 2.24) is 20.4 Å². The number of nitrogens with zero attached hydrogens (tertiary/aromatic N) is 2. The van der Waals surface area contributed by atoms with Crippen molar-refractivity contribution in [3.63, 3.8) is 0 Å². The van der Waals surface area contributed by atoms with Crippen LogP contribution in [0.15, 0.2) is 0 Å². The van der Waals surface area contributed by atoms with Crippen LogP contribution in [0.4, 0.5) is 4.79 Å². The lowest BCUT2D eigenvalue weighted by Gasteiger charge is -2.39. The summed E-state index contributed by atoms with van der Waals surface area (Å²) in [5.74, 6) is -1.15. The molecule has 2 saturated heterocycles. The first-order valence-corrected chi connectivity index (χ1v) is 6.59. The van der Waals surface area contributed by atoms with Crippen LogP contribution in [0.1, 0.15) is 6.92 Å². The summed E-state index contributed by atoms with van der Waals surface area (Å²) in [7, 11) is 1.49. The zero-order valence-corrected chi connectivity index (χ0v) is 12.0. The summed E-state index contributed by atoms with van der Waals surface area (Å²) in [6.07, 6.45) is 0. The number of carbonyl (C=O) groups excluding carboxylic acids is 4. The Morgan fingerprint density at radius 2 is 2.14 bits per heavy atom. The van der Waals surface area contributed by atoms with Crippen molar-refractivity contribution in [1.29, 1.82) is 0 Å². The van der Waals surface area contributed by atoms with E-state index in [0.717, 1.165) is 4.90 Å². The van der Waals surface area contributed by atoms with Gasteiger partial charge in [-0.1, -0.05) is 0 Å². The van der Waals surface area contributed by atoms with Crippen LogP contribution >= 0.6 is 0 Å². The van der Waals surface area contributed by atoms with Crippen LogP contribution in [0.2, 0.25) is 0 Å². The van der Waals surface area contributed by atoms with Crippen LogP contribution in [0.25, 0.3) is 0 Å². The van der Waals surface area contributed by atoms with Crippen molar-refractivity contribution < 1.29 is 23.9 Å². The van der Waals surface area contributed by atoms with E-state index in [0.29, 0.717) is 6.54 Å². The largest absolute Gasteiger partial charge is 0.362 e. The van der Waals surface area contributed by atoms with Crippen LogP contribution in [0.3, 0.4) is 0 Å². The number of hydrogen-bond acceptors (Lipinski definition) is 5. The van der Waals surface area contributed by atoms with Gasteiger partial charge in [-0.3, -0.25) is 19.3 Å².